The van der Waals surface area contributed by atoms with Crippen LogP contribution in [0, 0.1) is 0 Å². The maximum atomic E-state index is 12.5. The molecular formula is C19H24N6O3. The van der Waals surface area contributed by atoms with E-state index in [1.165, 1.54) is 11.0 Å². The lowest BCUT2D eigenvalue weighted by molar-refractivity contribution is -0.130. The molecular weight excluding hydrogens is 360 g/mol. The van der Waals surface area contributed by atoms with Gasteiger partial charge in [-0.25, -0.2) is 4.68 Å². The van der Waals surface area contributed by atoms with Crippen molar-refractivity contribution in [3.8, 4) is 5.75 Å². The van der Waals surface area contributed by atoms with Crippen molar-refractivity contribution < 1.29 is 14.3 Å². The van der Waals surface area contributed by atoms with Crippen LogP contribution < -0.4 is 10.1 Å². The van der Waals surface area contributed by atoms with Crippen LogP contribution in [0.5, 0.6) is 5.75 Å². The second-order valence-electron chi connectivity index (χ2n) is 7.38. The van der Waals surface area contributed by atoms with E-state index < -0.39 is 5.60 Å². The normalized spacial score (nSPS) is 24.4. The summed E-state index contributed by atoms with van der Waals surface area (Å²) in [6.07, 6.45) is 3.91. The van der Waals surface area contributed by atoms with Gasteiger partial charge in [-0.3, -0.25) is 9.59 Å². The molecule has 2 atom stereocenters. The number of aromatic nitrogens is 4. The summed E-state index contributed by atoms with van der Waals surface area (Å²) < 4.78 is 7.82. The Morgan fingerprint density at radius 1 is 1.36 bits per heavy atom. The number of hydrogen-bond acceptors (Lipinski definition) is 6. The van der Waals surface area contributed by atoms with Crippen molar-refractivity contribution in [2.24, 2.45) is 0 Å². The number of fused-ring (bicyclic) bond motifs is 1. The van der Waals surface area contributed by atoms with Crippen molar-refractivity contribution in [1.29, 1.82) is 0 Å². The first-order valence-corrected chi connectivity index (χ1v) is 9.64. The second-order valence-corrected chi connectivity index (χ2v) is 7.38. The van der Waals surface area contributed by atoms with Gasteiger partial charge >= 0.3 is 0 Å². The number of ether oxygens (including phenoxy) is 1. The molecule has 1 N–H and O–H groups in total. The van der Waals surface area contributed by atoms with Crippen molar-refractivity contribution in [1.82, 2.24) is 30.4 Å². The largest absolute Gasteiger partial charge is 0.487 e. The Morgan fingerprint density at radius 2 is 2.21 bits per heavy atom. The molecule has 4 rings (SSSR count). The van der Waals surface area contributed by atoms with Gasteiger partial charge < -0.3 is 15.0 Å². The lowest BCUT2D eigenvalue weighted by atomic mass is 9.82. The van der Waals surface area contributed by atoms with E-state index in [0.717, 1.165) is 17.7 Å². The maximum absolute atomic E-state index is 12.5. The zero-order chi connectivity index (χ0) is 19.6. The van der Waals surface area contributed by atoms with Crippen molar-refractivity contribution >= 4 is 11.8 Å². The van der Waals surface area contributed by atoms with E-state index in [1.54, 1.807) is 0 Å². The molecule has 0 bridgehead atoms. The molecule has 148 valence electrons. The molecule has 1 fully saturated rings. The summed E-state index contributed by atoms with van der Waals surface area (Å²) >= 11 is 0. The smallest absolute Gasteiger partial charge is 0.242 e. The van der Waals surface area contributed by atoms with Crippen LogP contribution in [0.4, 0.5) is 0 Å². The van der Waals surface area contributed by atoms with E-state index in [-0.39, 0.29) is 24.4 Å². The van der Waals surface area contributed by atoms with Crippen LogP contribution in [0.3, 0.4) is 0 Å². The van der Waals surface area contributed by atoms with Gasteiger partial charge in [0.25, 0.3) is 0 Å². The maximum Gasteiger partial charge on any atom is 0.242 e. The highest BCUT2D eigenvalue weighted by Crippen LogP contribution is 2.44. The van der Waals surface area contributed by atoms with Crippen molar-refractivity contribution in [2.75, 3.05) is 13.1 Å². The van der Waals surface area contributed by atoms with E-state index >= 15 is 0 Å². The van der Waals surface area contributed by atoms with Gasteiger partial charge in [0, 0.05) is 37.9 Å². The SMILES string of the molecule is CCN1CC[C@@]2(CCC1=O)C[C@H](NC(=O)Cn1cnnn1)c1ccccc1O2. The summed E-state index contributed by atoms with van der Waals surface area (Å²) in [7, 11) is 0. The molecule has 0 aliphatic carbocycles. The third-order valence-electron chi connectivity index (χ3n) is 5.60. The number of carbonyl (C=O) groups is 2. The Kier molecular flexibility index (Phi) is 4.97. The molecule has 0 unspecified atom stereocenters. The number of rotatable bonds is 4. The zero-order valence-electron chi connectivity index (χ0n) is 15.9. The fourth-order valence-corrected chi connectivity index (χ4v) is 4.11. The van der Waals surface area contributed by atoms with Gasteiger partial charge in [-0.05, 0) is 29.8 Å². The average Bonchev–Trinajstić information content (AvgIpc) is 3.14. The van der Waals surface area contributed by atoms with Gasteiger partial charge in [0.05, 0.1) is 6.04 Å². The fourth-order valence-electron chi connectivity index (χ4n) is 4.11. The summed E-state index contributed by atoms with van der Waals surface area (Å²) in [5, 5.41) is 14.0. The lowest BCUT2D eigenvalue weighted by Gasteiger charge is -2.42. The molecule has 2 aromatic rings. The lowest BCUT2D eigenvalue weighted by Crippen LogP contribution is -2.46. The minimum Gasteiger partial charge on any atom is -0.487 e. The molecule has 2 aliphatic rings. The highest BCUT2D eigenvalue weighted by molar-refractivity contribution is 5.77. The molecule has 0 saturated carbocycles. The van der Waals surface area contributed by atoms with Gasteiger partial charge in [-0.15, -0.1) is 5.10 Å². The quantitative estimate of drug-likeness (QED) is 0.846. The van der Waals surface area contributed by atoms with Crippen molar-refractivity contribution in [2.45, 2.75) is 50.8 Å². The summed E-state index contributed by atoms with van der Waals surface area (Å²) in [5.41, 5.74) is 0.502. The number of nitrogens with one attached hydrogen (secondary N) is 1. The van der Waals surface area contributed by atoms with Crippen molar-refractivity contribution in [3.63, 3.8) is 0 Å². The first-order valence-electron chi connectivity index (χ1n) is 9.64. The van der Waals surface area contributed by atoms with E-state index in [9.17, 15) is 9.59 Å². The van der Waals surface area contributed by atoms with Crippen LogP contribution in [-0.2, 0) is 16.1 Å². The molecule has 3 heterocycles. The number of likely N-dealkylation sites (tertiary alicyclic amines) is 1. The van der Waals surface area contributed by atoms with Gasteiger partial charge in [0.1, 0.15) is 24.2 Å². The monoisotopic (exact) mass is 384 g/mol. The van der Waals surface area contributed by atoms with Crippen LogP contribution in [0.25, 0.3) is 0 Å². The average molecular weight is 384 g/mol. The zero-order valence-corrected chi connectivity index (χ0v) is 15.9. The molecule has 1 spiro atoms. The van der Waals surface area contributed by atoms with Gasteiger partial charge in [0.15, 0.2) is 0 Å². The predicted octanol–water partition coefficient (Wildman–Crippen LogP) is 1.08. The standard InChI is InChI=1S/C19H24N6O3/c1-2-24-10-9-19(8-7-18(24)27)11-15(14-5-3-4-6-16(14)28-19)21-17(26)12-25-13-20-22-23-25/h3-6,13,15H,2,7-12H2,1H3,(H,21,26)/t15-,19-/m0/s1. The third-order valence-corrected chi connectivity index (χ3v) is 5.60. The first kappa shape index (κ1) is 18.4. The highest BCUT2D eigenvalue weighted by atomic mass is 16.5. The van der Waals surface area contributed by atoms with Gasteiger partial charge in [0.2, 0.25) is 11.8 Å². The van der Waals surface area contributed by atoms with Crippen LogP contribution in [0.1, 0.15) is 44.2 Å². The molecule has 28 heavy (non-hydrogen) atoms. The number of tetrazole rings is 1. The molecule has 1 aromatic heterocycles. The highest BCUT2D eigenvalue weighted by Gasteiger charge is 2.43. The van der Waals surface area contributed by atoms with E-state index in [4.69, 9.17) is 4.74 Å². The van der Waals surface area contributed by atoms with Crippen LogP contribution >= 0.6 is 0 Å². The first-order chi connectivity index (χ1) is 13.6. The molecule has 9 heteroatoms. The van der Waals surface area contributed by atoms with Crippen LogP contribution in [0.15, 0.2) is 30.6 Å². The number of amides is 2. The minimum absolute atomic E-state index is 0.0572. The Bertz CT molecular complexity index is 855. The Balaban J connectivity index is 1.55. The molecule has 9 nitrogen and oxygen atoms in total. The van der Waals surface area contributed by atoms with E-state index in [0.29, 0.717) is 32.4 Å². The van der Waals surface area contributed by atoms with E-state index in [1.807, 2.05) is 36.1 Å². The number of para-hydroxylation sites is 1. The topological polar surface area (TPSA) is 102 Å². The minimum atomic E-state index is -0.458. The summed E-state index contributed by atoms with van der Waals surface area (Å²) in [5.74, 6) is 0.781. The predicted molar refractivity (Wildman–Crippen MR) is 99.2 cm³/mol. The van der Waals surface area contributed by atoms with Crippen molar-refractivity contribution in [3.05, 3.63) is 36.2 Å². The van der Waals surface area contributed by atoms with Crippen LogP contribution in [0.2, 0.25) is 0 Å². The molecule has 2 aliphatic heterocycles. The number of hydrogen-bond donors (Lipinski definition) is 1. The third kappa shape index (κ3) is 3.69. The Labute approximate surface area is 163 Å². The summed E-state index contributed by atoms with van der Waals surface area (Å²) in [4.78, 5) is 26.8. The Morgan fingerprint density at radius 3 is 3.00 bits per heavy atom. The number of benzene rings is 1. The summed E-state index contributed by atoms with van der Waals surface area (Å²) in [6, 6.07) is 7.59. The Hall–Kier alpha value is -2.97. The fraction of sp³-hybridized carbons (Fsp3) is 0.526. The van der Waals surface area contributed by atoms with Gasteiger partial charge in [-0.2, -0.15) is 0 Å². The number of nitrogens with zero attached hydrogens (tertiary/aromatic N) is 5. The second kappa shape index (κ2) is 7.57. The van der Waals surface area contributed by atoms with E-state index in [2.05, 4.69) is 20.8 Å². The molecule has 0 radical (unpaired) electrons. The number of carbonyl (C=O) groups excluding carboxylic acids is 2. The van der Waals surface area contributed by atoms with Gasteiger partial charge in [-0.1, -0.05) is 18.2 Å². The summed E-state index contributed by atoms with van der Waals surface area (Å²) in [6.45, 7) is 3.43. The molecule has 2 amide bonds. The molecule has 1 aromatic carbocycles. The van der Waals surface area contributed by atoms with Crippen LogP contribution in [-0.4, -0.2) is 55.6 Å². The molecule has 1 saturated heterocycles.